The number of furan rings is 1. The number of aryl methyl sites for hydroxylation is 1. The number of carbonyl (C=O) groups is 2. The van der Waals surface area contributed by atoms with E-state index in [0.29, 0.717) is 0 Å². The number of rotatable bonds is 2. The van der Waals surface area contributed by atoms with Crippen molar-refractivity contribution >= 4 is 22.9 Å². The maximum atomic E-state index is 11.6. The number of esters is 1. The van der Waals surface area contributed by atoms with Crippen molar-refractivity contribution in [1.29, 1.82) is 0 Å². The third-order valence-corrected chi connectivity index (χ3v) is 2.61. The summed E-state index contributed by atoms with van der Waals surface area (Å²) in [5.41, 5.74) is -0.145. The van der Waals surface area contributed by atoms with Crippen LogP contribution >= 0.6 is 0 Å². The molecule has 18 heavy (non-hydrogen) atoms. The zero-order valence-corrected chi connectivity index (χ0v) is 9.68. The molecule has 0 spiro atoms. The summed E-state index contributed by atoms with van der Waals surface area (Å²) >= 11 is 0. The van der Waals surface area contributed by atoms with Gasteiger partial charge in [0.1, 0.15) is 28.2 Å². The fourth-order valence-corrected chi connectivity index (χ4v) is 1.86. The van der Waals surface area contributed by atoms with Crippen molar-refractivity contribution in [1.82, 2.24) is 0 Å². The van der Waals surface area contributed by atoms with Gasteiger partial charge in [0.05, 0.1) is 12.5 Å². The molecule has 0 fully saturated rings. The molecule has 1 aromatic heterocycles. The van der Waals surface area contributed by atoms with Gasteiger partial charge in [-0.3, -0.25) is 0 Å². The van der Waals surface area contributed by atoms with Crippen molar-refractivity contribution in [2.75, 3.05) is 7.11 Å². The summed E-state index contributed by atoms with van der Waals surface area (Å²) in [5.74, 6) is -2.24. The number of phenols is 1. The number of ether oxygens (including phenoxy) is 1. The van der Waals surface area contributed by atoms with Crippen LogP contribution in [0.5, 0.6) is 5.75 Å². The van der Waals surface area contributed by atoms with Gasteiger partial charge in [0.2, 0.25) is 0 Å². The summed E-state index contributed by atoms with van der Waals surface area (Å²) in [4.78, 5) is 22.8. The number of methoxy groups -OCH3 is 1. The second-order valence-electron chi connectivity index (χ2n) is 3.66. The molecule has 0 aliphatic carbocycles. The molecule has 0 radical (unpaired) electrons. The van der Waals surface area contributed by atoms with Crippen LogP contribution < -0.4 is 0 Å². The summed E-state index contributed by atoms with van der Waals surface area (Å²) < 4.78 is 9.88. The molecule has 0 aliphatic rings. The summed E-state index contributed by atoms with van der Waals surface area (Å²) in [6.45, 7) is 1.52. The van der Waals surface area contributed by atoms with Crippen molar-refractivity contribution in [3.8, 4) is 5.75 Å². The number of carboxylic acids is 1. The van der Waals surface area contributed by atoms with Crippen LogP contribution in [0.1, 0.15) is 26.5 Å². The van der Waals surface area contributed by atoms with Crippen molar-refractivity contribution in [3.05, 3.63) is 29.0 Å². The van der Waals surface area contributed by atoms with Crippen LogP contribution in [0.25, 0.3) is 11.0 Å². The smallest absolute Gasteiger partial charge is 0.342 e. The van der Waals surface area contributed by atoms with E-state index >= 15 is 0 Å². The van der Waals surface area contributed by atoms with Gasteiger partial charge in [-0.25, -0.2) is 9.59 Å². The van der Waals surface area contributed by atoms with E-state index in [4.69, 9.17) is 9.52 Å². The molecule has 0 saturated carbocycles. The number of hydrogen-bond donors (Lipinski definition) is 2. The van der Waals surface area contributed by atoms with Crippen molar-refractivity contribution in [3.63, 3.8) is 0 Å². The Morgan fingerprint density at radius 1 is 1.28 bits per heavy atom. The van der Waals surface area contributed by atoms with Crippen LogP contribution in [0.2, 0.25) is 0 Å². The fraction of sp³-hybridized carbons (Fsp3) is 0.167. The van der Waals surface area contributed by atoms with Gasteiger partial charge in [-0.05, 0) is 19.1 Å². The largest absolute Gasteiger partial charge is 0.507 e. The summed E-state index contributed by atoms with van der Waals surface area (Å²) in [7, 11) is 1.18. The maximum Gasteiger partial charge on any atom is 0.342 e. The van der Waals surface area contributed by atoms with Crippen LogP contribution in [0.3, 0.4) is 0 Å². The van der Waals surface area contributed by atoms with Crippen LogP contribution in [-0.2, 0) is 4.74 Å². The van der Waals surface area contributed by atoms with E-state index in [2.05, 4.69) is 4.74 Å². The Morgan fingerprint density at radius 3 is 2.50 bits per heavy atom. The van der Waals surface area contributed by atoms with Crippen LogP contribution in [-0.4, -0.2) is 29.3 Å². The molecule has 2 N–H and O–H groups in total. The van der Waals surface area contributed by atoms with Gasteiger partial charge in [-0.15, -0.1) is 0 Å². The first-order chi connectivity index (χ1) is 8.47. The summed E-state index contributed by atoms with van der Waals surface area (Å²) in [6.07, 6.45) is 0. The van der Waals surface area contributed by atoms with E-state index in [1.54, 1.807) is 0 Å². The van der Waals surface area contributed by atoms with Gasteiger partial charge in [0.15, 0.2) is 0 Å². The Bertz CT molecular complexity index is 652. The van der Waals surface area contributed by atoms with Gasteiger partial charge < -0.3 is 19.4 Å². The van der Waals surface area contributed by atoms with E-state index in [1.165, 1.54) is 26.2 Å². The average molecular weight is 250 g/mol. The van der Waals surface area contributed by atoms with Crippen molar-refractivity contribution in [2.24, 2.45) is 0 Å². The van der Waals surface area contributed by atoms with Crippen LogP contribution in [0.4, 0.5) is 0 Å². The second-order valence-corrected chi connectivity index (χ2v) is 3.66. The molecule has 0 atom stereocenters. The first kappa shape index (κ1) is 12.0. The Hall–Kier alpha value is -2.50. The maximum absolute atomic E-state index is 11.6. The molecule has 0 unspecified atom stereocenters. The predicted molar refractivity (Wildman–Crippen MR) is 60.9 cm³/mol. The average Bonchev–Trinajstić information content (AvgIpc) is 2.63. The SMILES string of the molecule is COC(=O)c1c(C)oc2ccc(O)c(C(=O)O)c12. The lowest BCUT2D eigenvalue weighted by Gasteiger charge is -2.02. The van der Waals surface area contributed by atoms with E-state index < -0.39 is 17.7 Å². The minimum atomic E-state index is -1.34. The molecule has 6 heteroatoms. The Balaban J connectivity index is 2.94. The van der Waals surface area contributed by atoms with E-state index in [1.807, 2.05) is 0 Å². The Labute approximate surface area is 101 Å². The lowest BCUT2D eigenvalue weighted by Crippen LogP contribution is -2.05. The fourth-order valence-electron chi connectivity index (χ4n) is 1.86. The Morgan fingerprint density at radius 2 is 1.94 bits per heavy atom. The second kappa shape index (κ2) is 4.06. The Kier molecular flexibility index (Phi) is 2.70. The van der Waals surface area contributed by atoms with Gasteiger partial charge in [0, 0.05) is 0 Å². The lowest BCUT2D eigenvalue weighted by atomic mass is 10.0. The molecule has 0 aliphatic heterocycles. The van der Waals surface area contributed by atoms with Crippen LogP contribution in [0, 0.1) is 6.92 Å². The number of benzene rings is 1. The highest BCUT2D eigenvalue weighted by Gasteiger charge is 2.26. The van der Waals surface area contributed by atoms with Crippen molar-refractivity contribution in [2.45, 2.75) is 6.92 Å². The van der Waals surface area contributed by atoms with Gasteiger partial charge in [-0.2, -0.15) is 0 Å². The minimum absolute atomic E-state index is 0.0146. The summed E-state index contributed by atoms with van der Waals surface area (Å²) in [5, 5.41) is 18.7. The zero-order valence-electron chi connectivity index (χ0n) is 9.68. The van der Waals surface area contributed by atoms with E-state index in [-0.39, 0.29) is 27.9 Å². The third kappa shape index (κ3) is 1.58. The highest BCUT2D eigenvalue weighted by Crippen LogP contribution is 2.34. The number of hydrogen-bond acceptors (Lipinski definition) is 5. The van der Waals surface area contributed by atoms with E-state index in [9.17, 15) is 14.7 Å². The highest BCUT2D eigenvalue weighted by atomic mass is 16.5. The minimum Gasteiger partial charge on any atom is -0.507 e. The molecule has 1 aromatic carbocycles. The number of carboxylic acid groups (broad SMARTS) is 1. The molecule has 0 bridgehead atoms. The molecule has 2 rings (SSSR count). The molecule has 94 valence electrons. The number of fused-ring (bicyclic) bond motifs is 1. The summed E-state index contributed by atoms with van der Waals surface area (Å²) in [6, 6.07) is 2.60. The van der Waals surface area contributed by atoms with Gasteiger partial charge in [-0.1, -0.05) is 0 Å². The number of aromatic hydroxyl groups is 1. The van der Waals surface area contributed by atoms with E-state index in [0.717, 1.165) is 0 Å². The molecule has 6 nitrogen and oxygen atoms in total. The topological polar surface area (TPSA) is 97.0 Å². The number of aromatic carboxylic acids is 1. The number of carbonyl (C=O) groups excluding carboxylic acids is 1. The normalized spacial score (nSPS) is 10.6. The van der Waals surface area contributed by atoms with Gasteiger partial charge in [0.25, 0.3) is 0 Å². The predicted octanol–water partition coefficient (Wildman–Crippen LogP) is 1.93. The monoisotopic (exact) mass is 250 g/mol. The quantitative estimate of drug-likeness (QED) is 0.790. The van der Waals surface area contributed by atoms with Gasteiger partial charge >= 0.3 is 11.9 Å². The first-order valence-electron chi connectivity index (χ1n) is 5.04. The molecule has 0 amide bonds. The lowest BCUT2D eigenvalue weighted by molar-refractivity contribution is 0.0600. The standard InChI is InChI=1S/C12H10O6/c1-5-8(12(16)17-2)10-7(18-5)4-3-6(13)9(10)11(14)15/h3-4,13H,1-2H3,(H,14,15). The molecule has 2 aromatic rings. The molecular weight excluding hydrogens is 240 g/mol. The van der Waals surface area contributed by atoms with Crippen LogP contribution in [0.15, 0.2) is 16.5 Å². The molecular formula is C12H10O6. The first-order valence-corrected chi connectivity index (χ1v) is 5.04. The molecule has 1 heterocycles. The zero-order chi connectivity index (χ0) is 13.4. The molecule has 0 saturated heterocycles. The van der Waals surface area contributed by atoms with Crippen molar-refractivity contribution < 1.29 is 29.0 Å². The highest BCUT2D eigenvalue weighted by molar-refractivity contribution is 6.14. The third-order valence-electron chi connectivity index (χ3n) is 2.61.